The Morgan fingerprint density at radius 3 is 2.76 bits per heavy atom. The van der Waals surface area contributed by atoms with Gasteiger partial charge in [0.15, 0.2) is 5.82 Å². The largest absolute Gasteiger partial charge is 0.382 e. The highest BCUT2D eigenvalue weighted by molar-refractivity contribution is 6.35. The van der Waals surface area contributed by atoms with E-state index in [2.05, 4.69) is 15.6 Å². The molecule has 2 aromatic carbocycles. The number of nitrogens with one attached hydrogen (secondary N) is 1. The van der Waals surface area contributed by atoms with Crippen molar-refractivity contribution in [2.24, 2.45) is 5.16 Å². The molecular formula is C20H15Cl2FN4O2. The zero-order valence-corrected chi connectivity index (χ0v) is 16.5. The number of nitrogens with zero attached hydrogens (tertiary/aromatic N) is 3. The Morgan fingerprint density at radius 2 is 2.00 bits per heavy atom. The molecule has 0 radical (unpaired) electrons. The molecule has 0 bridgehead atoms. The average Bonchev–Trinajstić information content (AvgIpc) is 3.34. The lowest BCUT2D eigenvalue weighted by Crippen LogP contribution is -2.28. The summed E-state index contributed by atoms with van der Waals surface area (Å²) in [5.41, 5.74) is 2.16. The van der Waals surface area contributed by atoms with Crippen molar-refractivity contribution >= 4 is 40.6 Å². The summed E-state index contributed by atoms with van der Waals surface area (Å²) < 4.78 is 14.7. The minimum Gasteiger partial charge on any atom is -0.382 e. The molecule has 0 saturated carbocycles. The molecule has 0 aliphatic carbocycles. The molecule has 4 rings (SSSR count). The van der Waals surface area contributed by atoms with Crippen LogP contribution < -0.4 is 5.32 Å². The third-order valence-electron chi connectivity index (χ3n) is 4.38. The number of hydrogen-bond acceptors (Lipinski definition) is 4. The zero-order chi connectivity index (χ0) is 20.4. The Balaban J connectivity index is 1.35. The quantitative estimate of drug-likeness (QED) is 0.644. The van der Waals surface area contributed by atoms with Gasteiger partial charge < -0.3 is 10.2 Å². The number of carbonyl (C=O) groups is 1. The number of anilines is 1. The van der Waals surface area contributed by atoms with E-state index >= 15 is 0 Å². The molecule has 0 fully saturated rings. The van der Waals surface area contributed by atoms with Gasteiger partial charge in [-0.2, -0.15) is 5.10 Å². The first-order chi connectivity index (χ1) is 14.0. The third-order valence-corrected chi connectivity index (χ3v) is 4.97. The van der Waals surface area contributed by atoms with Gasteiger partial charge in [-0.15, -0.1) is 0 Å². The van der Waals surface area contributed by atoms with Crippen molar-refractivity contribution < 1.29 is 14.0 Å². The molecule has 1 atom stereocenters. The Labute approximate surface area is 175 Å². The van der Waals surface area contributed by atoms with E-state index in [1.165, 1.54) is 12.1 Å². The lowest BCUT2D eigenvalue weighted by Gasteiger charge is -2.08. The lowest BCUT2D eigenvalue weighted by molar-refractivity contribution is -0.125. The zero-order valence-electron chi connectivity index (χ0n) is 15.0. The monoisotopic (exact) mass is 432 g/mol. The molecule has 148 valence electrons. The Bertz CT molecular complexity index is 1080. The van der Waals surface area contributed by atoms with Gasteiger partial charge in [0.2, 0.25) is 6.10 Å². The summed E-state index contributed by atoms with van der Waals surface area (Å²) in [5.74, 6) is -0.308. The molecular weight excluding hydrogens is 418 g/mol. The predicted molar refractivity (Wildman–Crippen MR) is 109 cm³/mol. The van der Waals surface area contributed by atoms with Crippen molar-refractivity contribution in [3.05, 3.63) is 81.7 Å². The van der Waals surface area contributed by atoms with Gasteiger partial charge in [0.05, 0.1) is 12.3 Å². The Hall–Kier alpha value is -2.90. The van der Waals surface area contributed by atoms with Crippen LogP contribution in [0.5, 0.6) is 0 Å². The summed E-state index contributed by atoms with van der Waals surface area (Å²) >= 11 is 12.1. The maximum atomic E-state index is 13.0. The Morgan fingerprint density at radius 1 is 1.21 bits per heavy atom. The molecule has 0 saturated heterocycles. The van der Waals surface area contributed by atoms with Crippen molar-refractivity contribution in [2.75, 3.05) is 5.32 Å². The first kappa shape index (κ1) is 19.4. The number of oxime groups is 1. The van der Waals surface area contributed by atoms with Gasteiger partial charge in [0.25, 0.3) is 5.91 Å². The van der Waals surface area contributed by atoms with E-state index in [1.54, 1.807) is 41.2 Å². The van der Waals surface area contributed by atoms with Crippen molar-refractivity contribution in [1.82, 2.24) is 9.78 Å². The summed E-state index contributed by atoms with van der Waals surface area (Å²) in [6.45, 7) is 0.434. The topological polar surface area (TPSA) is 68.5 Å². The number of hydrogen-bond donors (Lipinski definition) is 1. The predicted octanol–water partition coefficient (Wildman–Crippen LogP) is 4.51. The first-order valence-electron chi connectivity index (χ1n) is 8.75. The SMILES string of the molecule is O=C(Nc1ccn(Cc2ccc(Cl)cc2Cl)n1)C1CC(c2ccc(F)cc2)=NO1. The van der Waals surface area contributed by atoms with Crippen molar-refractivity contribution in [1.29, 1.82) is 0 Å². The summed E-state index contributed by atoms with van der Waals surface area (Å²) in [5, 5.41) is 12.1. The van der Waals surface area contributed by atoms with Crippen LogP contribution in [0.25, 0.3) is 0 Å². The molecule has 1 aromatic heterocycles. The van der Waals surface area contributed by atoms with E-state index in [-0.39, 0.29) is 11.7 Å². The van der Waals surface area contributed by atoms with E-state index in [9.17, 15) is 9.18 Å². The summed E-state index contributed by atoms with van der Waals surface area (Å²) in [6, 6.07) is 12.8. The fourth-order valence-electron chi connectivity index (χ4n) is 2.88. The number of amides is 1. The normalized spacial score (nSPS) is 15.7. The maximum Gasteiger partial charge on any atom is 0.269 e. The van der Waals surface area contributed by atoms with Gasteiger partial charge in [-0.05, 0) is 35.4 Å². The third kappa shape index (κ3) is 4.58. The standard InChI is InChI=1S/C20H15Cl2FN4O2/c21-14-4-1-13(16(22)9-14)11-27-8-7-19(25-27)24-20(28)18-10-17(26-29-18)12-2-5-15(23)6-3-12/h1-9,18H,10-11H2,(H,24,25,28). The second kappa shape index (κ2) is 8.23. The Kier molecular flexibility index (Phi) is 5.51. The van der Waals surface area contributed by atoms with Gasteiger partial charge in [0, 0.05) is 28.7 Å². The highest BCUT2D eigenvalue weighted by Gasteiger charge is 2.29. The fourth-order valence-corrected chi connectivity index (χ4v) is 3.35. The van der Waals surface area contributed by atoms with Crippen molar-refractivity contribution in [3.8, 4) is 0 Å². The van der Waals surface area contributed by atoms with Crippen LogP contribution in [0.4, 0.5) is 10.2 Å². The minimum atomic E-state index is -0.772. The van der Waals surface area contributed by atoms with Gasteiger partial charge >= 0.3 is 0 Å². The second-order valence-electron chi connectivity index (χ2n) is 6.47. The van der Waals surface area contributed by atoms with E-state index in [0.717, 1.165) is 5.56 Å². The molecule has 0 spiro atoms. The van der Waals surface area contributed by atoms with Gasteiger partial charge in [-0.1, -0.05) is 46.6 Å². The van der Waals surface area contributed by atoms with Crippen LogP contribution in [0.2, 0.25) is 10.0 Å². The number of aromatic nitrogens is 2. The van der Waals surface area contributed by atoms with Crippen molar-refractivity contribution in [2.45, 2.75) is 19.1 Å². The first-order valence-corrected chi connectivity index (χ1v) is 9.50. The van der Waals surface area contributed by atoms with Crippen LogP contribution in [0, 0.1) is 5.82 Å². The van der Waals surface area contributed by atoms with Crippen LogP contribution in [0.15, 0.2) is 59.9 Å². The molecule has 3 aromatic rings. The number of halogens is 3. The molecule has 1 unspecified atom stereocenters. The molecule has 6 nitrogen and oxygen atoms in total. The summed E-state index contributed by atoms with van der Waals surface area (Å²) in [6.07, 6.45) is 1.25. The van der Waals surface area contributed by atoms with E-state index < -0.39 is 6.10 Å². The molecule has 1 aliphatic heterocycles. The molecule has 1 N–H and O–H groups in total. The summed E-state index contributed by atoms with van der Waals surface area (Å²) in [4.78, 5) is 17.7. The molecule has 29 heavy (non-hydrogen) atoms. The molecule has 1 amide bonds. The highest BCUT2D eigenvalue weighted by Crippen LogP contribution is 2.22. The van der Waals surface area contributed by atoms with Gasteiger partial charge in [0.1, 0.15) is 5.82 Å². The second-order valence-corrected chi connectivity index (χ2v) is 7.31. The highest BCUT2D eigenvalue weighted by atomic mass is 35.5. The minimum absolute atomic E-state index is 0.290. The molecule has 2 heterocycles. The van der Waals surface area contributed by atoms with Crippen LogP contribution in [0.3, 0.4) is 0 Å². The van der Waals surface area contributed by atoms with E-state index in [4.69, 9.17) is 28.0 Å². The number of carbonyl (C=O) groups excluding carboxylic acids is 1. The number of rotatable bonds is 5. The van der Waals surface area contributed by atoms with Crippen LogP contribution in [-0.4, -0.2) is 27.5 Å². The van der Waals surface area contributed by atoms with Gasteiger partial charge in [-0.25, -0.2) is 4.39 Å². The average molecular weight is 433 g/mol. The van der Waals surface area contributed by atoms with Crippen LogP contribution in [0.1, 0.15) is 17.5 Å². The van der Waals surface area contributed by atoms with Gasteiger partial charge in [-0.3, -0.25) is 9.48 Å². The maximum absolute atomic E-state index is 13.0. The molecule has 9 heteroatoms. The fraction of sp³-hybridized carbons (Fsp3) is 0.150. The van der Waals surface area contributed by atoms with Crippen LogP contribution >= 0.6 is 23.2 Å². The van der Waals surface area contributed by atoms with Crippen molar-refractivity contribution in [3.63, 3.8) is 0 Å². The van der Waals surface area contributed by atoms with Crippen LogP contribution in [-0.2, 0) is 16.2 Å². The summed E-state index contributed by atoms with van der Waals surface area (Å²) in [7, 11) is 0. The lowest BCUT2D eigenvalue weighted by atomic mass is 10.0. The number of benzene rings is 2. The smallest absolute Gasteiger partial charge is 0.269 e. The van der Waals surface area contributed by atoms with E-state index in [0.29, 0.717) is 40.1 Å². The molecule has 1 aliphatic rings. The van der Waals surface area contributed by atoms with E-state index in [1.807, 2.05) is 6.07 Å².